The van der Waals surface area contributed by atoms with Gasteiger partial charge in [-0.3, -0.25) is 0 Å². The van der Waals surface area contributed by atoms with Gasteiger partial charge in [0, 0.05) is 12.1 Å². The molecule has 2 heteroatoms. The van der Waals surface area contributed by atoms with E-state index in [1.165, 1.54) is 77.5 Å². The maximum absolute atomic E-state index is 2.80. The predicted octanol–water partition coefficient (Wildman–Crippen LogP) is 3.13. The van der Waals surface area contributed by atoms with Crippen LogP contribution < -0.4 is 0 Å². The van der Waals surface area contributed by atoms with Crippen molar-refractivity contribution >= 4 is 0 Å². The monoisotopic (exact) mass is 250 g/mol. The van der Waals surface area contributed by atoms with Crippen LogP contribution in [0.15, 0.2) is 0 Å². The first-order valence-electron chi connectivity index (χ1n) is 8.31. The molecule has 2 nitrogen and oxygen atoms in total. The molecule has 1 aliphatic carbocycles. The minimum Gasteiger partial charge on any atom is -0.300 e. The standard InChI is InChI=1S/C16H30N2/c1-14-6-10-17(11-7-14)16-8-12-18(13-9-16)15-4-2-3-5-15/h14-16H,2-13H2,1H3. The summed E-state index contributed by atoms with van der Waals surface area (Å²) < 4.78 is 0. The lowest BCUT2D eigenvalue weighted by atomic mass is 9.94. The molecule has 3 aliphatic rings. The van der Waals surface area contributed by atoms with Crippen LogP contribution in [0.4, 0.5) is 0 Å². The number of nitrogens with zero attached hydrogens (tertiary/aromatic N) is 2. The molecule has 0 amide bonds. The molecule has 0 aromatic carbocycles. The van der Waals surface area contributed by atoms with E-state index >= 15 is 0 Å². The minimum atomic E-state index is 0.912. The Morgan fingerprint density at radius 1 is 0.611 bits per heavy atom. The van der Waals surface area contributed by atoms with Crippen LogP contribution in [-0.4, -0.2) is 48.1 Å². The zero-order chi connectivity index (χ0) is 12.4. The average Bonchev–Trinajstić information content (AvgIpc) is 2.94. The van der Waals surface area contributed by atoms with Crippen LogP contribution in [-0.2, 0) is 0 Å². The second kappa shape index (κ2) is 5.92. The summed E-state index contributed by atoms with van der Waals surface area (Å²) in [6.07, 6.45) is 11.7. The molecule has 3 fully saturated rings. The molecule has 0 aromatic heterocycles. The smallest absolute Gasteiger partial charge is 0.0120 e. The highest BCUT2D eigenvalue weighted by atomic mass is 15.2. The van der Waals surface area contributed by atoms with Crippen LogP contribution in [0.1, 0.15) is 58.3 Å². The molecule has 0 unspecified atom stereocenters. The van der Waals surface area contributed by atoms with E-state index in [4.69, 9.17) is 0 Å². The Morgan fingerprint density at radius 2 is 1.06 bits per heavy atom. The first kappa shape index (κ1) is 12.9. The minimum absolute atomic E-state index is 0.912. The van der Waals surface area contributed by atoms with Crippen LogP contribution in [0, 0.1) is 5.92 Å². The molecule has 2 saturated heterocycles. The Kier molecular flexibility index (Phi) is 4.25. The summed E-state index contributed by atoms with van der Waals surface area (Å²) in [4.78, 5) is 5.60. The largest absolute Gasteiger partial charge is 0.300 e. The topological polar surface area (TPSA) is 6.48 Å². The second-order valence-electron chi connectivity index (χ2n) is 6.92. The fourth-order valence-electron chi connectivity index (χ4n) is 4.28. The zero-order valence-electron chi connectivity index (χ0n) is 12.1. The van der Waals surface area contributed by atoms with Gasteiger partial charge in [0.15, 0.2) is 0 Å². The molecule has 0 radical (unpaired) electrons. The van der Waals surface area contributed by atoms with E-state index in [0.29, 0.717) is 0 Å². The molecule has 0 aromatic rings. The second-order valence-corrected chi connectivity index (χ2v) is 6.92. The summed E-state index contributed by atoms with van der Waals surface area (Å²) in [5, 5.41) is 0. The van der Waals surface area contributed by atoms with Crippen molar-refractivity contribution in [3.8, 4) is 0 Å². The lowest BCUT2D eigenvalue weighted by Crippen LogP contribution is -2.49. The highest BCUT2D eigenvalue weighted by Crippen LogP contribution is 2.28. The summed E-state index contributed by atoms with van der Waals surface area (Å²) in [7, 11) is 0. The highest BCUT2D eigenvalue weighted by molar-refractivity contribution is 4.86. The SMILES string of the molecule is CC1CCN(C2CCN(C3CCCC3)CC2)CC1. The number of piperidine rings is 2. The number of rotatable bonds is 2. The molecule has 2 heterocycles. The molecule has 1 saturated carbocycles. The van der Waals surface area contributed by atoms with Crippen molar-refractivity contribution in [2.45, 2.75) is 70.4 Å². The van der Waals surface area contributed by atoms with Gasteiger partial charge in [-0.25, -0.2) is 0 Å². The first-order valence-corrected chi connectivity index (χ1v) is 8.31. The predicted molar refractivity (Wildman–Crippen MR) is 76.8 cm³/mol. The van der Waals surface area contributed by atoms with Crippen LogP contribution in [0.5, 0.6) is 0 Å². The summed E-state index contributed by atoms with van der Waals surface area (Å²) in [6.45, 7) is 7.91. The Hall–Kier alpha value is -0.0800. The van der Waals surface area contributed by atoms with Gasteiger partial charge in [-0.15, -0.1) is 0 Å². The quantitative estimate of drug-likeness (QED) is 0.743. The highest BCUT2D eigenvalue weighted by Gasteiger charge is 2.30. The lowest BCUT2D eigenvalue weighted by Gasteiger charge is -2.43. The van der Waals surface area contributed by atoms with Gasteiger partial charge in [0.05, 0.1) is 0 Å². The Balaban J connectivity index is 1.44. The van der Waals surface area contributed by atoms with E-state index in [0.717, 1.165) is 18.0 Å². The van der Waals surface area contributed by atoms with Crippen LogP contribution >= 0.6 is 0 Å². The van der Waals surface area contributed by atoms with Gasteiger partial charge in [-0.05, 0) is 70.6 Å². The summed E-state index contributed by atoms with van der Waals surface area (Å²) >= 11 is 0. The van der Waals surface area contributed by atoms with Crippen molar-refractivity contribution in [3.05, 3.63) is 0 Å². The van der Waals surface area contributed by atoms with E-state index in [1.54, 1.807) is 0 Å². The van der Waals surface area contributed by atoms with Gasteiger partial charge in [0.25, 0.3) is 0 Å². The van der Waals surface area contributed by atoms with Crippen molar-refractivity contribution in [3.63, 3.8) is 0 Å². The zero-order valence-corrected chi connectivity index (χ0v) is 12.1. The van der Waals surface area contributed by atoms with Gasteiger partial charge >= 0.3 is 0 Å². The molecular weight excluding hydrogens is 220 g/mol. The van der Waals surface area contributed by atoms with E-state index in [-0.39, 0.29) is 0 Å². The molecule has 0 N–H and O–H groups in total. The molecule has 0 bridgehead atoms. The number of hydrogen-bond donors (Lipinski definition) is 0. The molecular formula is C16H30N2. The van der Waals surface area contributed by atoms with Gasteiger partial charge < -0.3 is 9.80 Å². The van der Waals surface area contributed by atoms with E-state index in [9.17, 15) is 0 Å². The summed E-state index contributed by atoms with van der Waals surface area (Å²) in [5.41, 5.74) is 0. The molecule has 18 heavy (non-hydrogen) atoms. The van der Waals surface area contributed by atoms with E-state index in [2.05, 4.69) is 16.7 Å². The van der Waals surface area contributed by atoms with Crippen molar-refractivity contribution in [1.82, 2.24) is 9.80 Å². The van der Waals surface area contributed by atoms with E-state index < -0.39 is 0 Å². The lowest BCUT2D eigenvalue weighted by molar-refractivity contribution is 0.0644. The Morgan fingerprint density at radius 3 is 1.61 bits per heavy atom. The van der Waals surface area contributed by atoms with Gasteiger partial charge in [0.1, 0.15) is 0 Å². The van der Waals surface area contributed by atoms with Gasteiger partial charge in [-0.2, -0.15) is 0 Å². The normalized spacial score (nSPS) is 31.2. The molecule has 2 aliphatic heterocycles. The third kappa shape index (κ3) is 2.91. The maximum Gasteiger partial charge on any atom is 0.0120 e. The van der Waals surface area contributed by atoms with Crippen molar-refractivity contribution in [2.24, 2.45) is 5.92 Å². The van der Waals surface area contributed by atoms with Crippen LogP contribution in [0.2, 0.25) is 0 Å². The molecule has 0 atom stereocenters. The van der Waals surface area contributed by atoms with Crippen LogP contribution in [0.25, 0.3) is 0 Å². The Labute approximate surface area is 113 Å². The third-order valence-electron chi connectivity index (χ3n) is 5.67. The fourth-order valence-corrected chi connectivity index (χ4v) is 4.28. The number of likely N-dealkylation sites (tertiary alicyclic amines) is 2. The molecule has 104 valence electrons. The van der Waals surface area contributed by atoms with Crippen molar-refractivity contribution in [2.75, 3.05) is 26.2 Å². The summed E-state index contributed by atoms with van der Waals surface area (Å²) in [5.74, 6) is 0.972. The van der Waals surface area contributed by atoms with E-state index in [1.807, 2.05) is 0 Å². The Bertz CT molecular complexity index is 244. The van der Waals surface area contributed by atoms with Crippen molar-refractivity contribution < 1.29 is 0 Å². The van der Waals surface area contributed by atoms with Crippen LogP contribution in [0.3, 0.4) is 0 Å². The maximum atomic E-state index is 2.80. The van der Waals surface area contributed by atoms with Crippen molar-refractivity contribution in [1.29, 1.82) is 0 Å². The molecule has 0 spiro atoms. The summed E-state index contributed by atoms with van der Waals surface area (Å²) in [6, 6.07) is 1.86. The third-order valence-corrected chi connectivity index (χ3v) is 5.67. The average molecular weight is 250 g/mol. The van der Waals surface area contributed by atoms with Gasteiger partial charge in [-0.1, -0.05) is 19.8 Å². The number of hydrogen-bond acceptors (Lipinski definition) is 2. The van der Waals surface area contributed by atoms with Gasteiger partial charge in [0.2, 0.25) is 0 Å². The first-order chi connectivity index (χ1) is 8.83. The molecule has 3 rings (SSSR count). The fraction of sp³-hybridized carbons (Fsp3) is 1.00.